The quantitative estimate of drug-likeness (QED) is 0.592. The first-order valence-electron chi connectivity index (χ1n) is 12.1. The highest BCUT2D eigenvalue weighted by molar-refractivity contribution is 6.06. The van der Waals surface area contributed by atoms with E-state index in [1.807, 2.05) is 50.2 Å². The Morgan fingerprint density at radius 3 is 2.68 bits per heavy atom. The van der Waals surface area contributed by atoms with Crippen LogP contribution in [0, 0.1) is 5.92 Å². The highest BCUT2D eigenvalue weighted by Gasteiger charge is 2.58. The second kappa shape index (κ2) is 8.78. The second-order valence-corrected chi connectivity index (χ2v) is 9.42. The van der Waals surface area contributed by atoms with Gasteiger partial charge in [0.05, 0.1) is 6.61 Å². The fraction of sp³-hybridized carbons (Fsp3) is 0.444. The normalized spacial score (nSPS) is 22.0. The molecule has 1 saturated carbocycles. The molecule has 1 aliphatic heterocycles. The molecule has 2 fully saturated rings. The van der Waals surface area contributed by atoms with Gasteiger partial charge in [-0.05, 0) is 62.3 Å². The molecule has 0 N–H and O–H groups in total. The molecule has 0 radical (unpaired) electrons. The Morgan fingerprint density at radius 2 is 1.97 bits per heavy atom. The maximum absolute atomic E-state index is 13.5. The predicted molar refractivity (Wildman–Crippen MR) is 125 cm³/mol. The molecule has 0 aromatic heterocycles. The Labute approximate surface area is 199 Å². The van der Waals surface area contributed by atoms with Crippen LogP contribution in [0.3, 0.4) is 0 Å². The summed E-state index contributed by atoms with van der Waals surface area (Å²) in [7, 11) is 0. The van der Waals surface area contributed by atoms with E-state index in [2.05, 4.69) is 0 Å². The zero-order valence-corrected chi connectivity index (χ0v) is 19.7. The van der Waals surface area contributed by atoms with Gasteiger partial charge < -0.3 is 14.4 Å². The van der Waals surface area contributed by atoms with Crippen molar-refractivity contribution >= 4 is 17.9 Å². The van der Waals surface area contributed by atoms with E-state index in [1.165, 1.54) is 0 Å². The molecule has 7 nitrogen and oxygen atoms in total. The largest absolute Gasteiger partial charge is 0.494 e. The number of aryl methyl sites for hydroxylation is 1. The van der Waals surface area contributed by atoms with Crippen LogP contribution in [0.2, 0.25) is 0 Å². The summed E-state index contributed by atoms with van der Waals surface area (Å²) in [5, 5.41) is 0. The van der Waals surface area contributed by atoms with E-state index in [0.717, 1.165) is 34.6 Å². The van der Waals surface area contributed by atoms with Crippen molar-refractivity contribution < 1.29 is 23.9 Å². The number of benzene rings is 2. The molecule has 2 aliphatic carbocycles. The number of imide groups is 1. The monoisotopic (exact) mass is 462 g/mol. The second-order valence-electron chi connectivity index (χ2n) is 9.42. The lowest BCUT2D eigenvalue weighted by Gasteiger charge is -2.30. The first-order chi connectivity index (χ1) is 16.4. The average Bonchev–Trinajstić information content (AvgIpc) is 3.59. The molecule has 3 amide bonds. The van der Waals surface area contributed by atoms with Crippen molar-refractivity contribution in [3.05, 3.63) is 65.2 Å². The maximum Gasteiger partial charge on any atom is 0.418 e. The van der Waals surface area contributed by atoms with Crippen molar-refractivity contribution in [3.8, 4) is 5.75 Å². The van der Waals surface area contributed by atoms with Crippen LogP contribution in [0.5, 0.6) is 5.75 Å². The molecule has 2 unspecified atom stereocenters. The standard InChI is InChI=1S/C27H30N2O5/c1-3-33-22-11-12-23-21(15-22)13-14-27(23)25(31)29(26(32)34-27)17-24(30)28(18(2)20-9-10-20)16-19-7-5-4-6-8-19/h4-8,11-12,15,18,20H,3,9-10,13-14,16-17H2,1-2H3. The van der Waals surface area contributed by atoms with Crippen molar-refractivity contribution in [1.82, 2.24) is 9.80 Å². The van der Waals surface area contributed by atoms with Crippen molar-refractivity contribution in [2.75, 3.05) is 13.2 Å². The summed E-state index contributed by atoms with van der Waals surface area (Å²) in [6.07, 6.45) is 2.41. The van der Waals surface area contributed by atoms with E-state index in [4.69, 9.17) is 9.47 Å². The van der Waals surface area contributed by atoms with Crippen molar-refractivity contribution in [3.63, 3.8) is 0 Å². The van der Waals surface area contributed by atoms with Crippen molar-refractivity contribution in [2.24, 2.45) is 5.92 Å². The van der Waals surface area contributed by atoms with E-state index in [9.17, 15) is 14.4 Å². The van der Waals surface area contributed by atoms with Gasteiger partial charge in [0.1, 0.15) is 12.3 Å². The van der Waals surface area contributed by atoms with Crippen LogP contribution in [-0.2, 0) is 32.9 Å². The lowest BCUT2D eigenvalue weighted by atomic mass is 9.95. The number of rotatable bonds is 8. The summed E-state index contributed by atoms with van der Waals surface area (Å²) in [6, 6.07) is 15.3. The molecule has 34 heavy (non-hydrogen) atoms. The van der Waals surface area contributed by atoms with Gasteiger partial charge in [-0.1, -0.05) is 36.4 Å². The summed E-state index contributed by atoms with van der Waals surface area (Å²) in [5.41, 5.74) is 1.30. The molecule has 1 saturated heterocycles. The van der Waals surface area contributed by atoms with Crippen LogP contribution >= 0.6 is 0 Å². The Balaban J connectivity index is 1.36. The first kappa shape index (κ1) is 22.4. The number of hydrogen-bond donors (Lipinski definition) is 0. The topological polar surface area (TPSA) is 76.2 Å². The van der Waals surface area contributed by atoms with Crippen LogP contribution in [0.1, 0.15) is 49.8 Å². The Kier molecular flexibility index (Phi) is 5.80. The minimum absolute atomic E-state index is 0.0413. The minimum atomic E-state index is -1.34. The number of nitrogens with zero attached hydrogens (tertiary/aromatic N) is 2. The number of hydrogen-bond acceptors (Lipinski definition) is 5. The van der Waals surface area contributed by atoms with Crippen LogP contribution in [-0.4, -0.2) is 46.9 Å². The summed E-state index contributed by atoms with van der Waals surface area (Å²) in [5.74, 6) is 0.497. The maximum atomic E-state index is 13.5. The molecule has 2 aromatic carbocycles. The van der Waals surface area contributed by atoms with E-state index in [-0.39, 0.29) is 18.5 Å². The van der Waals surface area contributed by atoms with E-state index in [1.54, 1.807) is 17.0 Å². The van der Waals surface area contributed by atoms with Gasteiger partial charge in [0, 0.05) is 24.6 Å². The fourth-order valence-corrected chi connectivity index (χ4v) is 5.18. The van der Waals surface area contributed by atoms with Gasteiger partial charge in [-0.3, -0.25) is 9.59 Å². The van der Waals surface area contributed by atoms with E-state index in [0.29, 0.717) is 37.5 Å². The Hall–Kier alpha value is -3.35. The lowest BCUT2D eigenvalue weighted by molar-refractivity contribution is -0.143. The highest BCUT2D eigenvalue weighted by Crippen LogP contribution is 2.46. The summed E-state index contributed by atoms with van der Waals surface area (Å²) in [4.78, 5) is 42.6. The molecule has 3 aliphatic rings. The Bertz CT molecular complexity index is 1110. The summed E-state index contributed by atoms with van der Waals surface area (Å²) < 4.78 is 11.3. The highest BCUT2D eigenvalue weighted by atomic mass is 16.6. The fourth-order valence-electron chi connectivity index (χ4n) is 5.18. The molecule has 2 atom stereocenters. The number of fused-ring (bicyclic) bond motifs is 2. The lowest BCUT2D eigenvalue weighted by Crippen LogP contribution is -2.47. The molecule has 5 rings (SSSR count). The Morgan fingerprint density at radius 1 is 1.21 bits per heavy atom. The van der Waals surface area contributed by atoms with Crippen molar-refractivity contribution in [2.45, 2.75) is 57.7 Å². The molecule has 1 heterocycles. The smallest absolute Gasteiger partial charge is 0.418 e. The SMILES string of the molecule is CCOc1ccc2c(c1)CCC21OC(=O)N(CC(=O)N(Cc2ccccc2)C(C)C2CC2)C1=O. The molecule has 0 bridgehead atoms. The predicted octanol–water partition coefficient (Wildman–Crippen LogP) is 4.03. The van der Waals surface area contributed by atoms with Crippen LogP contribution < -0.4 is 4.74 Å². The van der Waals surface area contributed by atoms with Crippen LogP contribution in [0.15, 0.2) is 48.5 Å². The van der Waals surface area contributed by atoms with Gasteiger partial charge >= 0.3 is 6.09 Å². The van der Waals surface area contributed by atoms with Crippen molar-refractivity contribution in [1.29, 1.82) is 0 Å². The molecule has 1 spiro atoms. The molecule has 7 heteroatoms. The zero-order valence-electron chi connectivity index (χ0n) is 19.7. The minimum Gasteiger partial charge on any atom is -0.494 e. The number of ether oxygens (including phenoxy) is 2. The molecule has 2 aromatic rings. The average molecular weight is 463 g/mol. The molecular formula is C27H30N2O5. The number of carbonyl (C=O) groups excluding carboxylic acids is 3. The third kappa shape index (κ3) is 3.93. The van der Waals surface area contributed by atoms with Gasteiger partial charge in [-0.25, -0.2) is 9.69 Å². The van der Waals surface area contributed by atoms with E-state index < -0.39 is 17.6 Å². The molecule has 178 valence electrons. The first-order valence-corrected chi connectivity index (χ1v) is 12.1. The van der Waals surface area contributed by atoms with E-state index >= 15 is 0 Å². The zero-order chi connectivity index (χ0) is 23.9. The van der Waals surface area contributed by atoms with Gasteiger partial charge in [0.2, 0.25) is 11.5 Å². The third-order valence-electron chi connectivity index (χ3n) is 7.25. The molecular weight excluding hydrogens is 432 g/mol. The van der Waals surface area contributed by atoms with Gasteiger partial charge in [-0.2, -0.15) is 0 Å². The van der Waals surface area contributed by atoms with Crippen LogP contribution in [0.25, 0.3) is 0 Å². The third-order valence-corrected chi connectivity index (χ3v) is 7.25. The number of amides is 3. The summed E-state index contributed by atoms with van der Waals surface area (Å²) >= 11 is 0. The van der Waals surface area contributed by atoms with Gasteiger partial charge in [-0.15, -0.1) is 0 Å². The number of carbonyl (C=O) groups is 3. The van der Waals surface area contributed by atoms with Gasteiger partial charge in [0.15, 0.2) is 0 Å². The summed E-state index contributed by atoms with van der Waals surface area (Å²) in [6.45, 7) is 4.65. The van der Waals surface area contributed by atoms with Crippen LogP contribution in [0.4, 0.5) is 4.79 Å². The van der Waals surface area contributed by atoms with Gasteiger partial charge in [0.25, 0.3) is 5.91 Å².